The van der Waals surface area contributed by atoms with Crippen molar-refractivity contribution in [2.45, 2.75) is 65.9 Å². The molecule has 8 heteroatoms. The van der Waals surface area contributed by atoms with E-state index in [1.807, 2.05) is 6.07 Å². The standard InChI is InChI=1S/C30H31ClN2O5/c1-29(2)12-21-27(23(34)14-29)26(28-22(32-21)13-30(3,4)15-24(28)35)18-7-10-25(20(31)11-18)38-16-17-5-8-19(9-6-17)33(36)37/h5-11,26,32H,12-16H2,1-4H3. The van der Waals surface area contributed by atoms with Crippen LogP contribution in [-0.2, 0) is 16.2 Å². The Bertz CT molecular complexity index is 1370. The Morgan fingerprint density at radius 1 is 0.921 bits per heavy atom. The largest absolute Gasteiger partial charge is 0.487 e. The van der Waals surface area contributed by atoms with Crippen LogP contribution in [0.4, 0.5) is 5.69 Å². The van der Waals surface area contributed by atoms with Gasteiger partial charge < -0.3 is 10.1 Å². The molecule has 2 aromatic rings. The van der Waals surface area contributed by atoms with Crippen LogP contribution in [0.25, 0.3) is 0 Å². The number of non-ortho nitro benzene ring substituents is 1. The van der Waals surface area contributed by atoms with E-state index in [9.17, 15) is 19.7 Å². The van der Waals surface area contributed by atoms with Gasteiger partial charge in [-0.15, -0.1) is 0 Å². The SMILES string of the molecule is CC1(C)CC(=O)C2=C(C1)NC1=C(C(=O)CC(C)(C)C1)C2c1ccc(OCc2ccc([N+](=O)[O-])cc2)c(Cl)c1. The lowest BCUT2D eigenvalue weighted by molar-refractivity contribution is -0.384. The first kappa shape index (κ1) is 26.2. The van der Waals surface area contributed by atoms with E-state index in [1.54, 1.807) is 24.3 Å². The number of carbonyl (C=O) groups is 2. The maximum absolute atomic E-state index is 13.5. The number of nitrogens with one attached hydrogen (secondary N) is 1. The van der Waals surface area contributed by atoms with Crippen LogP contribution in [0, 0.1) is 20.9 Å². The van der Waals surface area contributed by atoms with Crippen molar-refractivity contribution >= 4 is 28.9 Å². The van der Waals surface area contributed by atoms with Crippen LogP contribution in [0.3, 0.4) is 0 Å². The third kappa shape index (κ3) is 4.99. The molecule has 0 spiro atoms. The highest BCUT2D eigenvalue weighted by molar-refractivity contribution is 6.32. The zero-order valence-electron chi connectivity index (χ0n) is 22.0. The van der Waals surface area contributed by atoms with E-state index in [4.69, 9.17) is 16.3 Å². The van der Waals surface area contributed by atoms with Crippen LogP contribution in [0.1, 0.15) is 70.4 Å². The Hall–Kier alpha value is -3.45. The van der Waals surface area contributed by atoms with Gasteiger partial charge in [0.15, 0.2) is 11.6 Å². The monoisotopic (exact) mass is 534 g/mol. The molecule has 1 heterocycles. The number of hydrogen-bond acceptors (Lipinski definition) is 6. The van der Waals surface area contributed by atoms with E-state index in [2.05, 4.69) is 33.0 Å². The van der Waals surface area contributed by atoms with Crippen molar-refractivity contribution in [3.05, 3.63) is 91.3 Å². The lowest BCUT2D eigenvalue weighted by atomic mass is 9.64. The van der Waals surface area contributed by atoms with E-state index in [-0.39, 0.29) is 34.7 Å². The first-order valence-corrected chi connectivity index (χ1v) is 13.2. The second kappa shape index (κ2) is 9.38. The van der Waals surface area contributed by atoms with Crippen LogP contribution in [-0.4, -0.2) is 16.5 Å². The highest BCUT2D eigenvalue weighted by atomic mass is 35.5. The van der Waals surface area contributed by atoms with Gasteiger partial charge in [0.05, 0.1) is 9.95 Å². The summed E-state index contributed by atoms with van der Waals surface area (Å²) in [6.45, 7) is 8.58. The summed E-state index contributed by atoms with van der Waals surface area (Å²) in [5.41, 5.74) is 4.43. The molecule has 5 rings (SSSR count). The number of carbonyl (C=O) groups excluding carboxylic acids is 2. The summed E-state index contributed by atoms with van der Waals surface area (Å²) in [5, 5.41) is 14.8. The van der Waals surface area contributed by atoms with Gasteiger partial charge in [0.1, 0.15) is 12.4 Å². The summed E-state index contributed by atoms with van der Waals surface area (Å²) in [6, 6.07) is 11.6. The van der Waals surface area contributed by atoms with Gasteiger partial charge in [-0.3, -0.25) is 19.7 Å². The molecular weight excluding hydrogens is 504 g/mol. The molecule has 0 atom stereocenters. The maximum atomic E-state index is 13.5. The number of rotatable bonds is 5. The minimum absolute atomic E-state index is 0.0155. The number of Topliss-reactive ketones (excluding diaryl/α,β-unsaturated/α-hetero) is 2. The Morgan fingerprint density at radius 3 is 1.97 bits per heavy atom. The highest BCUT2D eigenvalue weighted by Crippen LogP contribution is 2.51. The average Bonchev–Trinajstić information content (AvgIpc) is 2.80. The minimum atomic E-state index is -0.463. The average molecular weight is 535 g/mol. The topological polar surface area (TPSA) is 98.5 Å². The molecule has 2 aliphatic carbocycles. The molecule has 3 aliphatic rings. The molecule has 38 heavy (non-hydrogen) atoms. The molecular formula is C30H31ClN2O5. The van der Waals surface area contributed by atoms with Crippen LogP contribution >= 0.6 is 11.6 Å². The number of hydrogen-bond donors (Lipinski definition) is 1. The Morgan fingerprint density at radius 2 is 1.47 bits per heavy atom. The zero-order chi connectivity index (χ0) is 27.4. The number of nitro benzene ring substituents is 1. The molecule has 198 valence electrons. The van der Waals surface area contributed by atoms with Crippen molar-refractivity contribution in [1.29, 1.82) is 0 Å². The van der Waals surface area contributed by atoms with Gasteiger partial charge in [0.2, 0.25) is 0 Å². The fraction of sp³-hybridized carbons (Fsp3) is 0.400. The molecule has 0 fully saturated rings. The third-order valence-corrected chi connectivity index (χ3v) is 7.85. The van der Waals surface area contributed by atoms with Crippen molar-refractivity contribution in [3.63, 3.8) is 0 Å². The number of dihydropyridines is 1. The van der Waals surface area contributed by atoms with E-state index in [1.165, 1.54) is 12.1 Å². The lowest BCUT2D eigenvalue weighted by Gasteiger charge is -2.44. The molecule has 0 aromatic heterocycles. The Labute approximate surface area is 227 Å². The van der Waals surface area contributed by atoms with E-state index < -0.39 is 10.8 Å². The highest BCUT2D eigenvalue weighted by Gasteiger charge is 2.46. The van der Waals surface area contributed by atoms with E-state index >= 15 is 0 Å². The van der Waals surface area contributed by atoms with Crippen LogP contribution < -0.4 is 10.1 Å². The molecule has 0 bridgehead atoms. The van der Waals surface area contributed by atoms with Crippen molar-refractivity contribution in [1.82, 2.24) is 5.32 Å². The van der Waals surface area contributed by atoms with Gasteiger partial charge in [-0.25, -0.2) is 0 Å². The number of allylic oxidation sites excluding steroid dienone is 4. The molecule has 1 aliphatic heterocycles. The van der Waals surface area contributed by atoms with Gasteiger partial charge in [0.25, 0.3) is 5.69 Å². The smallest absolute Gasteiger partial charge is 0.269 e. The number of ketones is 2. The zero-order valence-corrected chi connectivity index (χ0v) is 22.8. The fourth-order valence-electron chi connectivity index (χ4n) is 5.91. The summed E-state index contributed by atoms with van der Waals surface area (Å²) >= 11 is 6.66. The number of nitrogens with zero attached hydrogens (tertiary/aromatic N) is 1. The van der Waals surface area contributed by atoms with Crippen LogP contribution in [0.2, 0.25) is 5.02 Å². The number of halogens is 1. The van der Waals surface area contributed by atoms with Gasteiger partial charge in [0, 0.05) is 53.4 Å². The molecule has 0 saturated heterocycles. The summed E-state index contributed by atoms with van der Waals surface area (Å²) in [4.78, 5) is 37.4. The molecule has 0 saturated carbocycles. The van der Waals surface area contributed by atoms with E-state index in [0.717, 1.165) is 35.4 Å². The Kier molecular flexibility index (Phi) is 6.46. The molecule has 1 N–H and O–H groups in total. The van der Waals surface area contributed by atoms with Crippen molar-refractivity contribution in [2.75, 3.05) is 0 Å². The van der Waals surface area contributed by atoms with Gasteiger partial charge >= 0.3 is 0 Å². The minimum Gasteiger partial charge on any atom is -0.487 e. The summed E-state index contributed by atoms with van der Waals surface area (Å²) in [7, 11) is 0. The summed E-state index contributed by atoms with van der Waals surface area (Å²) < 4.78 is 5.90. The lowest BCUT2D eigenvalue weighted by Crippen LogP contribution is -2.42. The van der Waals surface area contributed by atoms with Gasteiger partial charge in [-0.05, 0) is 59.1 Å². The summed E-state index contributed by atoms with van der Waals surface area (Å²) in [5.74, 6) is 0.119. The molecule has 2 aromatic carbocycles. The van der Waals surface area contributed by atoms with Gasteiger partial charge in [-0.1, -0.05) is 45.4 Å². The normalized spacial score (nSPS) is 20.6. The maximum Gasteiger partial charge on any atom is 0.269 e. The number of nitro groups is 1. The second-order valence-electron chi connectivity index (χ2n) is 12.1. The predicted molar refractivity (Wildman–Crippen MR) is 145 cm³/mol. The molecule has 0 amide bonds. The van der Waals surface area contributed by atoms with Crippen molar-refractivity contribution in [2.24, 2.45) is 10.8 Å². The third-order valence-electron chi connectivity index (χ3n) is 7.55. The van der Waals surface area contributed by atoms with Crippen molar-refractivity contribution in [3.8, 4) is 5.75 Å². The first-order chi connectivity index (χ1) is 17.8. The summed E-state index contributed by atoms with van der Waals surface area (Å²) in [6.07, 6.45) is 2.33. The van der Waals surface area contributed by atoms with Gasteiger partial charge in [-0.2, -0.15) is 0 Å². The van der Waals surface area contributed by atoms with Crippen LogP contribution in [0.5, 0.6) is 5.75 Å². The second-order valence-corrected chi connectivity index (χ2v) is 12.5. The predicted octanol–water partition coefficient (Wildman–Crippen LogP) is 6.80. The van der Waals surface area contributed by atoms with Crippen molar-refractivity contribution < 1.29 is 19.2 Å². The fourth-order valence-corrected chi connectivity index (χ4v) is 6.15. The number of ether oxygens (including phenoxy) is 1. The Balaban J connectivity index is 1.48. The molecule has 0 radical (unpaired) electrons. The quantitative estimate of drug-likeness (QED) is 0.334. The number of benzene rings is 2. The molecule has 7 nitrogen and oxygen atoms in total. The van der Waals surface area contributed by atoms with Crippen LogP contribution in [0.15, 0.2) is 65.0 Å². The first-order valence-electron chi connectivity index (χ1n) is 12.8. The molecule has 0 unspecified atom stereocenters. The van der Waals surface area contributed by atoms with E-state index in [0.29, 0.717) is 34.8 Å².